The quantitative estimate of drug-likeness (QED) is 0.633. The molecule has 1 saturated carbocycles. The Morgan fingerprint density at radius 1 is 1.10 bits per heavy atom. The minimum Gasteiger partial charge on any atom is -0.377 e. The molecule has 0 saturated heterocycles. The summed E-state index contributed by atoms with van der Waals surface area (Å²) in [5.41, 5.74) is 9.70. The molecule has 156 valence electrons. The zero-order valence-corrected chi connectivity index (χ0v) is 18.1. The molecule has 0 amide bonds. The molecule has 7 nitrogen and oxygen atoms in total. The number of ether oxygens (including phenoxy) is 1. The molecular weight excluding hydrogens is 411 g/mol. The molecule has 0 spiro atoms. The van der Waals surface area contributed by atoms with Crippen LogP contribution in [0.5, 0.6) is 0 Å². The standard InChI is InChI=1S/C20H24N6O.2ClH/c1-26(11-15-10-22-16-5-3-4-6-17(16)23-15)20-9-18(13-7-14(21)8-13)24-19(25-20)12-27-2;;/h3-6,9-10,13-14H,7-8,11-12,21H2,1-2H3;2*1H. The molecule has 2 aromatic heterocycles. The first-order valence-electron chi connectivity index (χ1n) is 9.16. The Hall–Kier alpha value is -2.06. The number of methoxy groups -OCH3 is 1. The van der Waals surface area contributed by atoms with E-state index in [2.05, 4.69) is 25.9 Å². The molecule has 1 aliphatic carbocycles. The molecule has 1 aromatic carbocycles. The number of hydrogen-bond donors (Lipinski definition) is 1. The maximum atomic E-state index is 5.95. The summed E-state index contributed by atoms with van der Waals surface area (Å²) >= 11 is 0. The number of halogens is 2. The van der Waals surface area contributed by atoms with E-state index in [1.54, 1.807) is 7.11 Å². The summed E-state index contributed by atoms with van der Waals surface area (Å²) in [6, 6.07) is 10.2. The van der Waals surface area contributed by atoms with Crippen LogP contribution in [0.25, 0.3) is 11.0 Å². The van der Waals surface area contributed by atoms with Gasteiger partial charge in [-0.2, -0.15) is 0 Å². The number of fused-ring (bicyclic) bond motifs is 1. The molecule has 1 aliphatic rings. The monoisotopic (exact) mass is 436 g/mol. The van der Waals surface area contributed by atoms with E-state index in [-0.39, 0.29) is 30.9 Å². The van der Waals surface area contributed by atoms with Gasteiger partial charge in [0, 0.05) is 37.9 Å². The highest BCUT2D eigenvalue weighted by Crippen LogP contribution is 2.35. The summed E-state index contributed by atoms with van der Waals surface area (Å²) in [5, 5.41) is 0. The first kappa shape index (κ1) is 23.2. The van der Waals surface area contributed by atoms with Gasteiger partial charge >= 0.3 is 0 Å². The van der Waals surface area contributed by atoms with Crippen LogP contribution in [0.1, 0.15) is 36.0 Å². The summed E-state index contributed by atoms with van der Waals surface area (Å²) in [5.74, 6) is 1.97. The third-order valence-electron chi connectivity index (χ3n) is 4.93. The largest absolute Gasteiger partial charge is 0.377 e. The van der Waals surface area contributed by atoms with Crippen LogP contribution >= 0.6 is 24.8 Å². The van der Waals surface area contributed by atoms with Crippen molar-refractivity contribution in [2.75, 3.05) is 19.1 Å². The van der Waals surface area contributed by atoms with E-state index in [4.69, 9.17) is 15.5 Å². The average molecular weight is 437 g/mol. The first-order chi connectivity index (χ1) is 13.1. The molecule has 3 aromatic rings. The molecule has 2 N–H and O–H groups in total. The first-order valence-corrected chi connectivity index (χ1v) is 9.16. The molecule has 2 heterocycles. The lowest BCUT2D eigenvalue weighted by Gasteiger charge is -2.32. The van der Waals surface area contributed by atoms with Gasteiger partial charge in [0.25, 0.3) is 0 Å². The zero-order chi connectivity index (χ0) is 18.8. The fourth-order valence-electron chi connectivity index (χ4n) is 3.40. The minimum atomic E-state index is 0. The van der Waals surface area contributed by atoms with Gasteiger partial charge < -0.3 is 15.4 Å². The SMILES string of the molecule is COCc1nc(C2CC(N)C2)cc(N(C)Cc2cnc3ccccc3n2)n1.Cl.Cl. The van der Waals surface area contributed by atoms with Gasteiger partial charge in [-0.1, -0.05) is 12.1 Å². The second-order valence-corrected chi connectivity index (χ2v) is 7.13. The predicted octanol–water partition coefficient (Wildman–Crippen LogP) is 3.25. The average Bonchev–Trinajstić information content (AvgIpc) is 2.65. The predicted molar refractivity (Wildman–Crippen MR) is 119 cm³/mol. The molecule has 0 unspecified atom stereocenters. The van der Waals surface area contributed by atoms with E-state index in [0.717, 1.165) is 41.1 Å². The molecule has 0 radical (unpaired) electrons. The van der Waals surface area contributed by atoms with Gasteiger partial charge in [-0.15, -0.1) is 24.8 Å². The molecule has 1 fully saturated rings. The van der Waals surface area contributed by atoms with Crippen LogP contribution in [0.2, 0.25) is 0 Å². The normalized spacial score (nSPS) is 17.8. The van der Waals surface area contributed by atoms with Crippen LogP contribution in [0.15, 0.2) is 36.5 Å². The van der Waals surface area contributed by atoms with Crippen molar-refractivity contribution < 1.29 is 4.74 Å². The van der Waals surface area contributed by atoms with E-state index < -0.39 is 0 Å². The smallest absolute Gasteiger partial charge is 0.156 e. The third-order valence-corrected chi connectivity index (χ3v) is 4.93. The molecule has 4 rings (SSSR count). The number of anilines is 1. The maximum absolute atomic E-state index is 5.95. The Balaban J connectivity index is 0.00000150. The van der Waals surface area contributed by atoms with Crippen LogP contribution in [0.3, 0.4) is 0 Å². The topological polar surface area (TPSA) is 90.1 Å². The van der Waals surface area contributed by atoms with Crippen LogP contribution in [0, 0.1) is 0 Å². The van der Waals surface area contributed by atoms with Crippen molar-refractivity contribution in [2.24, 2.45) is 5.73 Å². The summed E-state index contributed by atoms with van der Waals surface area (Å²) < 4.78 is 5.25. The summed E-state index contributed by atoms with van der Waals surface area (Å²) in [6.07, 6.45) is 3.77. The Kier molecular flexibility index (Phi) is 8.10. The molecule has 0 aliphatic heterocycles. The van der Waals surface area contributed by atoms with Crippen LogP contribution in [0.4, 0.5) is 5.82 Å². The number of aromatic nitrogens is 4. The van der Waals surface area contributed by atoms with Crippen molar-refractivity contribution in [2.45, 2.75) is 38.0 Å². The zero-order valence-electron chi connectivity index (χ0n) is 16.5. The van der Waals surface area contributed by atoms with Crippen LogP contribution < -0.4 is 10.6 Å². The number of para-hydroxylation sites is 2. The second kappa shape index (κ2) is 10.1. The number of benzene rings is 1. The Morgan fingerprint density at radius 2 is 1.83 bits per heavy atom. The molecular formula is C20H26Cl2N6O. The van der Waals surface area contributed by atoms with E-state index in [0.29, 0.717) is 24.9 Å². The van der Waals surface area contributed by atoms with Crippen molar-refractivity contribution in [3.05, 3.63) is 53.7 Å². The van der Waals surface area contributed by atoms with Gasteiger partial charge in [0.15, 0.2) is 5.82 Å². The van der Waals surface area contributed by atoms with Gasteiger partial charge in [0.05, 0.1) is 29.5 Å². The summed E-state index contributed by atoms with van der Waals surface area (Å²) in [6.45, 7) is 1.01. The van der Waals surface area contributed by atoms with Crippen molar-refractivity contribution in [1.82, 2.24) is 19.9 Å². The lowest BCUT2D eigenvalue weighted by molar-refractivity contribution is 0.177. The number of rotatable bonds is 6. The van der Waals surface area contributed by atoms with Crippen molar-refractivity contribution in [3.8, 4) is 0 Å². The number of hydrogen-bond acceptors (Lipinski definition) is 7. The lowest BCUT2D eigenvalue weighted by Crippen LogP contribution is -2.35. The van der Waals surface area contributed by atoms with Crippen molar-refractivity contribution in [1.29, 1.82) is 0 Å². The van der Waals surface area contributed by atoms with Gasteiger partial charge in [0.2, 0.25) is 0 Å². The van der Waals surface area contributed by atoms with E-state index in [9.17, 15) is 0 Å². The molecule has 0 bridgehead atoms. The van der Waals surface area contributed by atoms with Crippen LogP contribution in [-0.4, -0.2) is 40.1 Å². The van der Waals surface area contributed by atoms with Gasteiger partial charge in [-0.3, -0.25) is 4.98 Å². The molecule has 9 heteroatoms. The van der Waals surface area contributed by atoms with E-state index in [1.165, 1.54) is 0 Å². The summed E-state index contributed by atoms with van der Waals surface area (Å²) in [7, 11) is 3.66. The molecule has 0 atom stereocenters. The van der Waals surface area contributed by atoms with Crippen molar-refractivity contribution >= 4 is 41.7 Å². The number of nitrogens with two attached hydrogens (primary N) is 1. The van der Waals surface area contributed by atoms with Crippen LogP contribution in [-0.2, 0) is 17.9 Å². The van der Waals surface area contributed by atoms with E-state index in [1.807, 2.05) is 37.5 Å². The maximum Gasteiger partial charge on any atom is 0.156 e. The highest BCUT2D eigenvalue weighted by atomic mass is 35.5. The van der Waals surface area contributed by atoms with Gasteiger partial charge in [-0.05, 0) is 25.0 Å². The Bertz CT molecular complexity index is 951. The second-order valence-electron chi connectivity index (χ2n) is 7.13. The van der Waals surface area contributed by atoms with E-state index >= 15 is 0 Å². The highest BCUT2D eigenvalue weighted by Gasteiger charge is 2.29. The summed E-state index contributed by atoms with van der Waals surface area (Å²) in [4.78, 5) is 20.6. The highest BCUT2D eigenvalue weighted by molar-refractivity contribution is 5.85. The Morgan fingerprint density at radius 3 is 2.52 bits per heavy atom. The van der Waals surface area contributed by atoms with Gasteiger partial charge in [-0.25, -0.2) is 15.0 Å². The van der Waals surface area contributed by atoms with Gasteiger partial charge in [0.1, 0.15) is 12.4 Å². The third kappa shape index (κ3) is 5.30. The fourth-order valence-corrected chi connectivity index (χ4v) is 3.40. The van der Waals surface area contributed by atoms with Crippen molar-refractivity contribution in [3.63, 3.8) is 0 Å². The lowest BCUT2D eigenvalue weighted by atomic mass is 9.78. The molecule has 29 heavy (non-hydrogen) atoms. The Labute approximate surface area is 182 Å². The minimum absolute atomic E-state index is 0. The fraction of sp³-hybridized carbons (Fsp3) is 0.400. The number of nitrogens with zero attached hydrogens (tertiary/aromatic N) is 5.